The number of methoxy groups -OCH3 is 1. The second-order valence-electron chi connectivity index (χ2n) is 17.1. The monoisotopic (exact) mass is 807 g/mol. The molecule has 10 atom stereocenters. The van der Waals surface area contributed by atoms with Crippen molar-refractivity contribution >= 4 is 35.5 Å². The van der Waals surface area contributed by atoms with Crippen molar-refractivity contribution in [1.29, 1.82) is 0 Å². The summed E-state index contributed by atoms with van der Waals surface area (Å²) in [6.07, 6.45) is 2.44. The SMILES string of the molecule is COC(=O)[C@@H]1CN(C(=O)c2ccc(C(=O)N3C[C@@H](C(=O)N[C@H]4C[C@@H]4c4ccccc4)[C@H](C(=O)N[C@@H]4C[C@H]4c4ccccc4)C3)cc2)C[C@H]1C(=O)N[C@H]1C[C@@H]1c1ccccc1. The van der Waals surface area contributed by atoms with Crippen LogP contribution in [0.25, 0.3) is 0 Å². The standard InChI is InChI=1S/C48H49N5O7/c1-60-48(59)39-27-53(26-38(39)45(56)51-42-23-35(42)30-15-9-4-10-16-30)47(58)32-19-17-31(18-20-32)46(57)52-24-36(43(54)49-40-21-33(40)28-11-5-2-6-12-28)37(25-52)44(55)50-41-22-34(41)29-13-7-3-8-14-29/h2-20,33-42H,21-27H2,1H3,(H,49,54)(H,50,55)(H,51,56)/t33-,34+,35-,36-,37-,38-,39-,40+,41-,42+/m1/s1. The van der Waals surface area contributed by atoms with Crippen LogP contribution in [-0.4, -0.2) is 96.7 Å². The minimum atomic E-state index is -0.813. The van der Waals surface area contributed by atoms with Crippen LogP contribution in [0.4, 0.5) is 0 Å². The number of nitrogens with one attached hydrogen (secondary N) is 3. The zero-order valence-corrected chi connectivity index (χ0v) is 33.4. The Balaban J connectivity index is 0.847. The van der Waals surface area contributed by atoms with Gasteiger partial charge in [0.25, 0.3) is 11.8 Å². The van der Waals surface area contributed by atoms with Crippen LogP contribution in [0.2, 0.25) is 0 Å². The average Bonchev–Trinajstić information content (AvgIpc) is 4.25. The van der Waals surface area contributed by atoms with Crippen molar-refractivity contribution in [1.82, 2.24) is 25.8 Å². The zero-order valence-electron chi connectivity index (χ0n) is 33.4. The maximum absolute atomic E-state index is 14.0. The number of benzene rings is 4. The highest BCUT2D eigenvalue weighted by Crippen LogP contribution is 2.43. The molecule has 308 valence electrons. The highest BCUT2D eigenvalue weighted by molar-refractivity contribution is 6.00. The van der Waals surface area contributed by atoms with Gasteiger partial charge in [0.1, 0.15) is 0 Å². The molecule has 5 aliphatic rings. The van der Waals surface area contributed by atoms with Crippen molar-refractivity contribution in [3.8, 4) is 0 Å². The Labute approximate surface area is 349 Å². The van der Waals surface area contributed by atoms with Gasteiger partial charge in [0.15, 0.2) is 0 Å². The van der Waals surface area contributed by atoms with E-state index in [0.717, 1.165) is 36.0 Å². The normalized spacial score (nSPS) is 28.6. The number of hydrogen-bond donors (Lipinski definition) is 3. The van der Waals surface area contributed by atoms with Crippen molar-refractivity contribution in [3.05, 3.63) is 143 Å². The summed E-state index contributed by atoms with van der Waals surface area (Å²) >= 11 is 0. The van der Waals surface area contributed by atoms with Gasteiger partial charge in [-0.3, -0.25) is 28.8 Å². The first-order chi connectivity index (χ1) is 29.2. The first-order valence-electron chi connectivity index (χ1n) is 21.0. The molecule has 5 amide bonds. The van der Waals surface area contributed by atoms with Gasteiger partial charge < -0.3 is 30.5 Å². The smallest absolute Gasteiger partial charge is 0.311 e. The number of esters is 1. The summed E-state index contributed by atoms with van der Waals surface area (Å²) in [7, 11) is 1.27. The molecule has 2 aliphatic heterocycles. The average molecular weight is 808 g/mol. The number of ether oxygens (including phenoxy) is 1. The van der Waals surface area contributed by atoms with Crippen LogP contribution < -0.4 is 16.0 Å². The van der Waals surface area contributed by atoms with Crippen LogP contribution in [0.15, 0.2) is 115 Å². The Hall–Kier alpha value is -6.30. The number of likely N-dealkylation sites (tertiary alicyclic amines) is 2. The highest BCUT2D eigenvalue weighted by atomic mass is 16.5. The topological polar surface area (TPSA) is 154 Å². The molecule has 0 bridgehead atoms. The molecule has 0 spiro atoms. The summed E-state index contributed by atoms with van der Waals surface area (Å²) in [6.45, 7) is 0.238. The van der Waals surface area contributed by atoms with E-state index in [1.165, 1.54) is 12.0 Å². The molecule has 9 rings (SSSR count). The van der Waals surface area contributed by atoms with Crippen molar-refractivity contribution in [2.45, 2.75) is 55.1 Å². The molecule has 2 heterocycles. The molecular weight excluding hydrogens is 759 g/mol. The van der Waals surface area contributed by atoms with Crippen LogP contribution in [0.3, 0.4) is 0 Å². The fraction of sp³-hybridized carbons (Fsp3) is 0.375. The lowest BCUT2D eigenvalue weighted by molar-refractivity contribution is -0.148. The molecule has 4 aromatic carbocycles. The highest BCUT2D eigenvalue weighted by Gasteiger charge is 2.50. The molecule has 0 unspecified atom stereocenters. The third-order valence-electron chi connectivity index (χ3n) is 13.1. The summed E-state index contributed by atoms with van der Waals surface area (Å²) in [5.74, 6) is -4.41. The molecule has 12 heteroatoms. The number of nitrogens with zero attached hydrogens (tertiary/aromatic N) is 2. The van der Waals surface area contributed by atoms with Gasteiger partial charge in [-0.25, -0.2) is 0 Å². The summed E-state index contributed by atoms with van der Waals surface area (Å²) < 4.78 is 5.04. The van der Waals surface area contributed by atoms with E-state index in [2.05, 4.69) is 40.2 Å². The maximum Gasteiger partial charge on any atom is 0.311 e. The van der Waals surface area contributed by atoms with Crippen LogP contribution in [0.1, 0.15) is 74.4 Å². The second kappa shape index (κ2) is 16.4. The Morgan fingerprint density at radius 3 is 1.07 bits per heavy atom. The fourth-order valence-corrected chi connectivity index (χ4v) is 9.39. The second-order valence-corrected chi connectivity index (χ2v) is 17.1. The van der Waals surface area contributed by atoms with Crippen molar-refractivity contribution < 1.29 is 33.5 Å². The van der Waals surface area contributed by atoms with Gasteiger partial charge >= 0.3 is 5.97 Å². The first-order valence-corrected chi connectivity index (χ1v) is 21.0. The minimum absolute atomic E-state index is 0.0254. The summed E-state index contributed by atoms with van der Waals surface area (Å²) in [5, 5.41) is 9.42. The number of hydrogen-bond acceptors (Lipinski definition) is 7. The first kappa shape index (κ1) is 39.2. The van der Waals surface area contributed by atoms with Crippen molar-refractivity contribution in [2.75, 3.05) is 33.3 Å². The van der Waals surface area contributed by atoms with Gasteiger partial charge in [-0.15, -0.1) is 0 Å². The largest absolute Gasteiger partial charge is 0.469 e. The molecule has 3 N–H and O–H groups in total. The van der Waals surface area contributed by atoms with Gasteiger partial charge in [0.2, 0.25) is 17.7 Å². The van der Waals surface area contributed by atoms with E-state index < -0.39 is 29.6 Å². The maximum atomic E-state index is 14.0. The van der Waals surface area contributed by atoms with E-state index in [9.17, 15) is 28.8 Å². The van der Waals surface area contributed by atoms with Crippen LogP contribution in [0, 0.1) is 23.7 Å². The van der Waals surface area contributed by atoms with Crippen LogP contribution >= 0.6 is 0 Å². The van der Waals surface area contributed by atoms with Gasteiger partial charge in [-0.2, -0.15) is 0 Å². The molecule has 60 heavy (non-hydrogen) atoms. The number of amides is 5. The van der Waals surface area contributed by atoms with Gasteiger partial charge in [-0.1, -0.05) is 91.0 Å². The minimum Gasteiger partial charge on any atom is -0.469 e. The summed E-state index contributed by atoms with van der Waals surface area (Å²) in [6, 6.07) is 36.2. The van der Waals surface area contributed by atoms with E-state index in [1.807, 2.05) is 66.7 Å². The van der Waals surface area contributed by atoms with Gasteiger partial charge in [0, 0.05) is 73.2 Å². The van der Waals surface area contributed by atoms with E-state index in [-0.39, 0.29) is 91.6 Å². The molecule has 3 saturated carbocycles. The Kier molecular flexibility index (Phi) is 10.7. The van der Waals surface area contributed by atoms with Crippen molar-refractivity contribution in [3.63, 3.8) is 0 Å². The lowest BCUT2D eigenvalue weighted by Gasteiger charge is -2.18. The van der Waals surface area contributed by atoms with E-state index >= 15 is 0 Å². The quantitative estimate of drug-likeness (QED) is 0.181. The third-order valence-corrected chi connectivity index (χ3v) is 13.1. The predicted octanol–water partition coefficient (Wildman–Crippen LogP) is 4.25. The zero-order chi connectivity index (χ0) is 41.5. The lowest BCUT2D eigenvalue weighted by atomic mass is 9.94. The Morgan fingerprint density at radius 2 is 0.750 bits per heavy atom. The number of rotatable bonds is 12. The third kappa shape index (κ3) is 8.15. The molecule has 3 aliphatic carbocycles. The van der Waals surface area contributed by atoms with Gasteiger partial charge in [-0.05, 0) is 60.2 Å². The number of carbonyl (C=O) groups is 6. The molecule has 12 nitrogen and oxygen atoms in total. The van der Waals surface area contributed by atoms with E-state index in [0.29, 0.717) is 11.1 Å². The van der Waals surface area contributed by atoms with Crippen LogP contribution in [-0.2, 0) is 23.9 Å². The van der Waals surface area contributed by atoms with E-state index in [1.54, 1.807) is 29.2 Å². The molecular formula is C48H49N5O7. The molecule has 0 aromatic heterocycles. The molecule has 0 radical (unpaired) electrons. The molecule has 2 saturated heterocycles. The Bertz CT molecular complexity index is 2200. The van der Waals surface area contributed by atoms with Crippen LogP contribution in [0.5, 0.6) is 0 Å². The Morgan fingerprint density at radius 1 is 0.450 bits per heavy atom. The van der Waals surface area contributed by atoms with Gasteiger partial charge in [0.05, 0.1) is 30.8 Å². The van der Waals surface area contributed by atoms with Crippen molar-refractivity contribution in [2.24, 2.45) is 23.7 Å². The predicted molar refractivity (Wildman–Crippen MR) is 221 cm³/mol. The molecule has 4 aromatic rings. The lowest BCUT2D eigenvalue weighted by Crippen LogP contribution is -2.43. The fourth-order valence-electron chi connectivity index (χ4n) is 9.39. The summed E-state index contributed by atoms with van der Waals surface area (Å²) in [4.78, 5) is 84.9. The molecule has 5 fully saturated rings. The summed E-state index contributed by atoms with van der Waals surface area (Å²) in [5.41, 5.74) is 4.08. The van der Waals surface area contributed by atoms with E-state index in [4.69, 9.17) is 4.74 Å². The number of carbonyl (C=O) groups excluding carboxylic acids is 6.